The van der Waals surface area contributed by atoms with Crippen LogP contribution in [0.2, 0.25) is 0 Å². The van der Waals surface area contributed by atoms with Gasteiger partial charge in [-0.2, -0.15) is 0 Å². The molecule has 11 heteroatoms. The van der Waals surface area contributed by atoms with Crippen LogP contribution in [0.15, 0.2) is 6.07 Å². The lowest BCUT2D eigenvalue weighted by atomic mass is 9.81. The van der Waals surface area contributed by atoms with Crippen LogP contribution in [0.4, 0.5) is 15.3 Å². The molecule has 4 rings (SSSR count). The first-order valence-corrected chi connectivity index (χ1v) is 15.3. The van der Waals surface area contributed by atoms with Crippen LogP contribution in [-0.2, 0) is 9.53 Å². The highest BCUT2D eigenvalue weighted by atomic mass is 32.1. The monoisotopic (exact) mass is 587 g/mol. The number of hydrogen-bond donors (Lipinski definition) is 3. The zero-order valence-corrected chi connectivity index (χ0v) is 25.1. The molecule has 0 bridgehead atoms. The number of amides is 3. The molecule has 0 spiro atoms. The van der Waals surface area contributed by atoms with Crippen LogP contribution in [0.3, 0.4) is 0 Å². The van der Waals surface area contributed by atoms with Gasteiger partial charge in [0.15, 0.2) is 0 Å². The minimum atomic E-state index is -1.07. The van der Waals surface area contributed by atoms with Crippen molar-refractivity contribution in [2.45, 2.75) is 97.2 Å². The number of anilines is 1. The molecular weight excluding hydrogens is 546 g/mol. The van der Waals surface area contributed by atoms with Crippen LogP contribution in [-0.4, -0.2) is 70.5 Å². The van der Waals surface area contributed by atoms with E-state index in [0.717, 1.165) is 37.0 Å². The van der Waals surface area contributed by atoms with Gasteiger partial charge in [0.2, 0.25) is 5.91 Å². The Morgan fingerprint density at radius 2 is 1.66 bits per heavy atom. The van der Waals surface area contributed by atoms with Gasteiger partial charge in [-0.05, 0) is 84.1 Å². The molecule has 0 radical (unpaired) electrons. The van der Waals surface area contributed by atoms with Gasteiger partial charge in [0.05, 0.1) is 23.7 Å². The molecule has 3 fully saturated rings. The van der Waals surface area contributed by atoms with Crippen molar-refractivity contribution in [3.8, 4) is 11.8 Å². The Labute approximate surface area is 245 Å². The van der Waals surface area contributed by atoms with Crippen LogP contribution in [0, 0.1) is 29.1 Å². The number of carboxylic acid groups (broad SMARTS) is 2. The highest BCUT2D eigenvalue weighted by Gasteiger charge is 2.38. The number of likely N-dealkylation sites (tertiary alicyclic amines) is 1. The molecule has 1 aliphatic heterocycles. The van der Waals surface area contributed by atoms with Crippen molar-refractivity contribution in [3.05, 3.63) is 15.8 Å². The number of hydrogen-bond acceptors (Lipinski definition) is 6. The molecule has 2 saturated carbocycles. The zero-order chi connectivity index (χ0) is 29.9. The largest absolute Gasteiger partial charge is 0.477 e. The van der Waals surface area contributed by atoms with E-state index in [9.17, 15) is 24.3 Å². The van der Waals surface area contributed by atoms with E-state index in [1.54, 1.807) is 11.0 Å². The van der Waals surface area contributed by atoms with Crippen molar-refractivity contribution in [3.63, 3.8) is 0 Å². The van der Waals surface area contributed by atoms with E-state index in [-0.39, 0.29) is 47.3 Å². The first-order chi connectivity index (χ1) is 19.3. The van der Waals surface area contributed by atoms with E-state index < -0.39 is 24.3 Å². The van der Waals surface area contributed by atoms with Crippen LogP contribution >= 0.6 is 11.3 Å². The van der Waals surface area contributed by atoms with E-state index in [1.165, 1.54) is 4.90 Å². The number of ether oxygens (including phenoxy) is 1. The summed E-state index contributed by atoms with van der Waals surface area (Å²) in [6, 6.07) is 1.43. The smallest absolute Gasteiger partial charge is 0.407 e. The number of rotatable bonds is 6. The first-order valence-electron chi connectivity index (χ1n) is 14.5. The van der Waals surface area contributed by atoms with Crippen molar-refractivity contribution < 1.29 is 34.1 Å². The fraction of sp³-hybridized carbons (Fsp3) is 0.667. The molecule has 224 valence electrons. The number of alkyl carbamates (subject to hydrolysis) is 1. The van der Waals surface area contributed by atoms with Crippen molar-refractivity contribution in [2.24, 2.45) is 17.3 Å². The Balaban J connectivity index is 1.49. The molecule has 41 heavy (non-hydrogen) atoms. The second-order valence-electron chi connectivity index (χ2n) is 12.7. The molecular formula is C30H41N3O7S. The quantitative estimate of drug-likeness (QED) is 0.379. The number of carboxylic acids is 1. The Morgan fingerprint density at radius 1 is 1.02 bits per heavy atom. The highest BCUT2D eigenvalue weighted by molar-refractivity contribution is 7.15. The maximum absolute atomic E-state index is 14.1. The maximum Gasteiger partial charge on any atom is 0.407 e. The number of carbonyl (C=O) groups is 4. The lowest BCUT2D eigenvalue weighted by Crippen LogP contribution is -2.56. The second-order valence-corrected chi connectivity index (χ2v) is 13.7. The van der Waals surface area contributed by atoms with E-state index >= 15 is 0 Å². The molecule has 2 aliphatic carbocycles. The van der Waals surface area contributed by atoms with E-state index in [4.69, 9.17) is 9.84 Å². The van der Waals surface area contributed by atoms with Crippen molar-refractivity contribution in [1.29, 1.82) is 0 Å². The van der Waals surface area contributed by atoms with Crippen molar-refractivity contribution in [1.82, 2.24) is 10.2 Å². The van der Waals surface area contributed by atoms with E-state index in [0.29, 0.717) is 42.2 Å². The van der Waals surface area contributed by atoms with Gasteiger partial charge in [0.1, 0.15) is 11.0 Å². The van der Waals surface area contributed by atoms with Gasteiger partial charge in [0, 0.05) is 23.4 Å². The maximum atomic E-state index is 14.1. The normalized spacial score (nSPS) is 24.8. The van der Waals surface area contributed by atoms with Gasteiger partial charge in [-0.25, -0.2) is 14.4 Å². The number of nitrogens with one attached hydrogen (secondary N) is 1. The third-order valence-corrected chi connectivity index (χ3v) is 9.13. The molecule has 0 unspecified atom stereocenters. The second kappa shape index (κ2) is 12.7. The van der Waals surface area contributed by atoms with Crippen LogP contribution < -0.4 is 10.2 Å². The first kappa shape index (κ1) is 30.7. The van der Waals surface area contributed by atoms with Gasteiger partial charge in [-0.15, -0.1) is 11.3 Å². The Bertz CT molecular complexity index is 1200. The summed E-state index contributed by atoms with van der Waals surface area (Å²) in [5.74, 6) is 5.63. The topological polar surface area (TPSA) is 136 Å². The Kier molecular flexibility index (Phi) is 9.52. The number of nitrogens with zero attached hydrogens (tertiary/aromatic N) is 2. The third kappa shape index (κ3) is 7.94. The molecule has 3 aliphatic rings. The molecule has 1 saturated heterocycles. The molecule has 10 nitrogen and oxygen atoms in total. The average Bonchev–Trinajstić information content (AvgIpc) is 3.30. The van der Waals surface area contributed by atoms with Crippen LogP contribution in [0.1, 0.15) is 93.6 Å². The standard InChI is InChI=1S/C30H41N3O7S/c1-18-5-7-19(8-6-18)26(34)33(24-15-23(13-14-30(2,3)4)41-25(24)27(35)36)21-11-9-20(10-12-21)31-28(37)40-22-16-32(17-22)29(38)39/h15,18-22H,5-12,16-17H2,1-4H3,(H,31,37)(H,35,36)(H,38,39). The van der Waals surface area contributed by atoms with Gasteiger partial charge in [-0.1, -0.05) is 18.8 Å². The summed E-state index contributed by atoms with van der Waals surface area (Å²) in [6.07, 6.45) is 3.93. The SMILES string of the molecule is CC1CCC(C(=O)N(c2cc(C#CC(C)(C)C)sc2C(=O)O)C2CCC(NC(=O)OC3CN(C(=O)O)C3)CC2)CC1. The number of carbonyl (C=O) groups excluding carboxylic acids is 2. The molecule has 0 atom stereocenters. The summed E-state index contributed by atoms with van der Waals surface area (Å²) >= 11 is 1.11. The minimum absolute atomic E-state index is 0.0173. The fourth-order valence-electron chi connectivity index (χ4n) is 5.72. The van der Waals surface area contributed by atoms with Crippen LogP contribution in [0.25, 0.3) is 0 Å². The zero-order valence-electron chi connectivity index (χ0n) is 24.3. The summed E-state index contributed by atoms with van der Waals surface area (Å²) in [6.45, 7) is 8.51. The molecule has 3 amide bonds. The highest BCUT2D eigenvalue weighted by Crippen LogP contribution is 2.39. The molecule has 2 heterocycles. The Morgan fingerprint density at radius 3 is 2.22 bits per heavy atom. The summed E-state index contributed by atoms with van der Waals surface area (Å²) in [5, 5.41) is 21.9. The van der Waals surface area contributed by atoms with Gasteiger partial charge >= 0.3 is 18.2 Å². The van der Waals surface area contributed by atoms with Crippen molar-refractivity contribution >= 4 is 41.1 Å². The number of aromatic carboxylic acids is 1. The summed E-state index contributed by atoms with van der Waals surface area (Å²) in [7, 11) is 0. The van der Waals surface area contributed by atoms with Gasteiger partial charge < -0.3 is 30.1 Å². The summed E-state index contributed by atoms with van der Waals surface area (Å²) in [4.78, 5) is 53.4. The molecule has 1 aromatic rings. The third-order valence-electron chi connectivity index (χ3n) is 8.11. The lowest BCUT2D eigenvalue weighted by molar-refractivity contribution is -0.124. The van der Waals surface area contributed by atoms with Crippen LogP contribution in [0.5, 0.6) is 0 Å². The molecule has 3 N–H and O–H groups in total. The van der Waals surface area contributed by atoms with Crippen molar-refractivity contribution in [2.75, 3.05) is 18.0 Å². The van der Waals surface area contributed by atoms with E-state index in [2.05, 4.69) is 24.1 Å². The lowest BCUT2D eigenvalue weighted by Gasteiger charge is -2.40. The van der Waals surface area contributed by atoms with Gasteiger partial charge in [-0.3, -0.25) is 4.79 Å². The fourth-order valence-corrected chi connectivity index (χ4v) is 6.56. The number of thiophene rings is 1. The Hall–Kier alpha value is -3.26. The predicted molar refractivity (Wildman–Crippen MR) is 155 cm³/mol. The summed E-state index contributed by atoms with van der Waals surface area (Å²) in [5.41, 5.74) is 0.177. The predicted octanol–water partition coefficient (Wildman–Crippen LogP) is 5.40. The van der Waals surface area contributed by atoms with E-state index in [1.807, 2.05) is 20.8 Å². The average molecular weight is 588 g/mol. The summed E-state index contributed by atoms with van der Waals surface area (Å²) < 4.78 is 5.33. The minimum Gasteiger partial charge on any atom is -0.477 e. The molecule has 0 aromatic carbocycles. The molecule has 1 aromatic heterocycles. The van der Waals surface area contributed by atoms with Gasteiger partial charge in [0.25, 0.3) is 0 Å².